The molecule has 0 saturated carbocycles. The average Bonchev–Trinajstić information content (AvgIpc) is 3.67. The van der Waals surface area contributed by atoms with Crippen LogP contribution < -0.4 is 20.7 Å². The van der Waals surface area contributed by atoms with Gasteiger partial charge in [0, 0.05) is 61.7 Å². The summed E-state index contributed by atoms with van der Waals surface area (Å²) in [5, 5.41) is 1.27. The quantitative estimate of drug-likeness (QED) is 0.154. The molecule has 3 heterocycles. The van der Waals surface area contributed by atoms with Gasteiger partial charge in [0.05, 0.1) is 5.69 Å². The topological polar surface area (TPSA) is 11.4 Å². The van der Waals surface area contributed by atoms with Crippen molar-refractivity contribution in [1.29, 1.82) is 0 Å². The van der Waals surface area contributed by atoms with Crippen LogP contribution in [0.1, 0.15) is 105 Å². The normalized spacial score (nSPS) is 13.4. The third kappa shape index (κ3) is 7.50. The van der Waals surface area contributed by atoms with E-state index in [0.29, 0.717) is 0 Å². The molecule has 0 atom stereocenters. The summed E-state index contributed by atoms with van der Waals surface area (Å²) >= 11 is 0. The van der Waals surface area contributed by atoms with E-state index >= 15 is 0 Å². The maximum atomic E-state index is 2.78. The van der Waals surface area contributed by atoms with E-state index in [2.05, 4.69) is 279 Å². The molecule has 0 unspecified atom stereocenters. The van der Waals surface area contributed by atoms with Crippen molar-refractivity contribution < 1.29 is 0 Å². The molecule has 9 aromatic rings. The lowest BCUT2D eigenvalue weighted by Gasteiger charge is -2.42. The Kier molecular flexibility index (Phi) is 10.6. The molecule has 8 aromatic carbocycles. The number of fused-ring (bicyclic) bond motifs is 4. The minimum absolute atomic E-state index is 0.0357. The van der Waals surface area contributed by atoms with Crippen LogP contribution in [-0.2, 0) is 21.7 Å². The van der Waals surface area contributed by atoms with Crippen molar-refractivity contribution in [2.75, 3.05) is 9.80 Å². The first-order chi connectivity index (χ1) is 33.3. The highest BCUT2D eigenvalue weighted by molar-refractivity contribution is 6.90. The summed E-state index contributed by atoms with van der Waals surface area (Å²) in [6.45, 7) is 28.1. The minimum atomic E-state index is -0.135. The van der Waals surface area contributed by atoms with Crippen molar-refractivity contribution in [2.24, 2.45) is 0 Å². The van der Waals surface area contributed by atoms with Crippen molar-refractivity contribution in [3.63, 3.8) is 0 Å². The van der Waals surface area contributed by atoms with Crippen LogP contribution in [0, 0.1) is 0 Å². The van der Waals surface area contributed by atoms with Crippen LogP contribution in [0.2, 0.25) is 0 Å². The van der Waals surface area contributed by atoms with Crippen molar-refractivity contribution in [2.45, 2.75) is 105 Å². The van der Waals surface area contributed by atoms with Crippen molar-refractivity contribution in [1.82, 2.24) is 4.48 Å². The highest BCUT2D eigenvalue weighted by Crippen LogP contribution is 2.54. The SMILES string of the molecule is CC(C)(C)c1ccc(N2c3ccc(C(C)(C)C)cc3B3c4c(cc(C(C)(C)C)cc42)-c2cc(C(C)(C)C)cc4c(-c5ccccc5N(c5ccccc5)c5ccccc5)c(-c5ccccc5)n3c24)cc1. The van der Waals surface area contributed by atoms with Gasteiger partial charge in [0.25, 0.3) is 0 Å². The molecule has 70 heavy (non-hydrogen) atoms. The van der Waals surface area contributed by atoms with E-state index in [1.165, 1.54) is 94.7 Å². The molecular weight excluding hydrogens is 846 g/mol. The number of para-hydroxylation sites is 3. The summed E-state index contributed by atoms with van der Waals surface area (Å²) in [7, 11) is 0. The molecule has 0 aliphatic carbocycles. The average molecular weight is 912 g/mol. The zero-order chi connectivity index (χ0) is 49.1. The summed E-state index contributed by atoms with van der Waals surface area (Å²) in [5.74, 6) is 0. The van der Waals surface area contributed by atoms with Gasteiger partial charge in [-0.05, 0) is 133 Å². The summed E-state index contributed by atoms with van der Waals surface area (Å²) < 4.78 is 2.78. The second-order valence-electron chi connectivity index (χ2n) is 23.9. The molecule has 0 fully saturated rings. The molecule has 1 aromatic heterocycles. The van der Waals surface area contributed by atoms with E-state index in [1.54, 1.807) is 0 Å². The number of benzene rings is 8. The third-order valence-electron chi connectivity index (χ3n) is 15.0. The standard InChI is InChI=1S/C66H66BN3/c1-63(2,3)44-32-35-50(36-33-44)69-57-37-34-45(64(4,5)6)41-55(57)67-60-52(38-47(42-58(60)69)66(10,11)12)53-39-46(65(7,8)9)40-54-59(61(70(67)62(53)54)43-24-16-13-17-25-43)51-30-22-23-31-56(51)68(48-26-18-14-19-27-48)49-28-20-15-21-29-49/h13-42H,1-12H3. The minimum Gasteiger partial charge on any atom is -0.375 e. The first-order valence-corrected chi connectivity index (χ1v) is 25.3. The van der Waals surface area contributed by atoms with Gasteiger partial charge in [-0.25, -0.2) is 0 Å². The van der Waals surface area contributed by atoms with Crippen LogP contribution in [-0.4, -0.2) is 11.3 Å². The van der Waals surface area contributed by atoms with E-state index < -0.39 is 0 Å². The predicted octanol–water partition coefficient (Wildman–Crippen LogP) is 17.1. The highest BCUT2D eigenvalue weighted by atomic mass is 15.2. The largest absolute Gasteiger partial charge is 0.375 e. The Hall–Kier alpha value is -7.04. The second kappa shape index (κ2) is 16.3. The van der Waals surface area contributed by atoms with Gasteiger partial charge in [-0.15, -0.1) is 0 Å². The number of aromatic nitrogens is 1. The van der Waals surface area contributed by atoms with Crippen LogP contribution in [0.5, 0.6) is 0 Å². The number of hydrogen-bond donors (Lipinski definition) is 0. The smallest absolute Gasteiger partial charge is 0.333 e. The molecule has 2 aliphatic heterocycles. The molecule has 4 heteroatoms. The number of rotatable bonds is 6. The number of hydrogen-bond acceptors (Lipinski definition) is 2. The fourth-order valence-corrected chi connectivity index (χ4v) is 11.1. The molecule has 0 N–H and O–H groups in total. The Morgan fingerprint density at radius 3 is 1.51 bits per heavy atom. The molecule has 0 saturated heterocycles. The van der Waals surface area contributed by atoms with Crippen molar-refractivity contribution >= 4 is 62.8 Å². The summed E-state index contributed by atoms with van der Waals surface area (Å²) in [4.78, 5) is 5.03. The summed E-state index contributed by atoms with van der Waals surface area (Å²) in [6, 6.07) is 69.0. The molecule has 2 aliphatic rings. The first-order valence-electron chi connectivity index (χ1n) is 25.3. The van der Waals surface area contributed by atoms with Crippen LogP contribution in [0.4, 0.5) is 34.1 Å². The highest BCUT2D eigenvalue weighted by Gasteiger charge is 2.46. The molecular formula is C66H66BN3. The van der Waals surface area contributed by atoms with E-state index in [1.807, 2.05) is 0 Å². The Balaban J connectivity index is 1.33. The third-order valence-corrected chi connectivity index (χ3v) is 15.0. The van der Waals surface area contributed by atoms with Gasteiger partial charge in [-0.1, -0.05) is 198 Å². The lowest BCUT2D eigenvalue weighted by atomic mass is 9.44. The Morgan fingerprint density at radius 1 is 0.414 bits per heavy atom. The van der Waals surface area contributed by atoms with Crippen LogP contribution in [0.3, 0.4) is 0 Å². The lowest BCUT2D eigenvalue weighted by Crippen LogP contribution is -2.57. The maximum absolute atomic E-state index is 2.78. The molecule has 0 radical (unpaired) electrons. The van der Waals surface area contributed by atoms with Gasteiger partial charge in [-0.3, -0.25) is 0 Å². The summed E-state index contributed by atoms with van der Waals surface area (Å²) in [5.41, 5.74) is 23.5. The Bertz CT molecular complexity index is 3410. The molecule has 11 rings (SSSR count). The van der Waals surface area contributed by atoms with E-state index in [-0.39, 0.29) is 28.5 Å². The molecule has 0 bridgehead atoms. The van der Waals surface area contributed by atoms with Gasteiger partial charge in [0.2, 0.25) is 0 Å². The molecule has 3 nitrogen and oxygen atoms in total. The van der Waals surface area contributed by atoms with Gasteiger partial charge in [0.15, 0.2) is 0 Å². The van der Waals surface area contributed by atoms with E-state index in [4.69, 9.17) is 0 Å². The maximum Gasteiger partial charge on any atom is 0.333 e. The fourth-order valence-electron chi connectivity index (χ4n) is 11.1. The lowest BCUT2D eigenvalue weighted by molar-refractivity contribution is 0.589. The van der Waals surface area contributed by atoms with Gasteiger partial charge in [0.1, 0.15) is 0 Å². The molecule has 348 valence electrons. The first kappa shape index (κ1) is 45.4. The summed E-state index contributed by atoms with van der Waals surface area (Å²) in [6.07, 6.45) is 0. The molecule has 0 spiro atoms. The van der Waals surface area contributed by atoms with E-state index in [9.17, 15) is 0 Å². The van der Waals surface area contributed by atoms with Crippen molar-refractivity contribution in [3.05, 3.63) is 204 Å². The predicted molar refractivity (Wildman–Crippen MR) is 303 cm³/mol. The molecule has 0 amide bonds. The zero-order valence-corrected chi connectivity index (χ0v) is 43.2. The van der Waals surface area contributed by atoms with Crippen molar-refractivity contribution in [3.8, 4) is 33.5 Å². The van der Waals surface area contributed by atoms with E-state index in [0.717, 1.165) is 17.1 Å². The van der Waals surface area contributed by atoms with Gasteiger partial charge >= 0.3 is 6.85 Å². The second-order valence-corrected chi connectivity index (χ2v) is 23.9. The number of nitrogens with zero attached hydrogens (tertiary/aromatic N) is 3. The fraction of sp³-hybridized carbons (Fsp3) is 0.242. The Labute approximate surface area is 417 Å². The van der Waals surface area contributed by atoms with Crippen LogP contribution in [0.15, 0.2) is 182 Å². The van der Waals surface area contributed by atoms with Gasteiger partial charge in [-0.2, -0.15) is 0 Å². The zero-order valence-electron chi connectivity index (χ0n) is 43.2. The van der Waals surface area contributed by atoms with Gasteiger partial charge < -0.3 is 14.3 Å². The monoisotopic (exact) mass is 912 g/mol. The van der Waals surface area contributed by atoms with Crippen LogP contribution >= 0.6 is 0 Å². The number of anilines is 6. The van der Waals surface area contributed by atoms with Crippen LogP contribution in [0.25, 0.3) is 44.4 Å². The Morgan fingerprint density at radius 2 is 0.929 bits per heavy atom.